The standard InChI is InChI=1S/C18H25N3O2/c1-13(19-2)12-17-20-18(23-21-17)15-10-6-7-11-16(15)22-14-8-4-3-5-9-14/h6-7,10-11,13-14,19H,3-5,8-9,12H2,1-2H3. The number of rotatable bonds is 6. The van der Waals surface area contributed by atoms with E-state index < -0.39 is 0 Å². The van der Waals surface area contributed by atoms with Gasteiger partial charge in [-0.05, 0) is 51.8 Å². The summed E-state index contributed by atoms with van der Waals surface area (Å²) < 4.78 is 11.7. The first-order valence-corrected chi connectivity index (χ1v) is 8.52. The van der Waals surface area contributed by atoms with Crippen molar-refractivity contribution in [3.05, 3.63) is 30.1 Å². The molecule has 3 rings (SSSR count). The second-order valence-corrected chi connectivity index (χ2v) is 6.28. The number of hydrogen-bond donors (Lipinski definition) is 1. The largest absolute Gasteiger partial charge is 0.490 e. The summed E-state index contributed by atoms with van der Waals surface area (Å²) in [4.78, 5) is 4.52. The molecule has 1 atom stereocenters. The minimum atomic E-state index is 0.302. The molecule has 0 amide bonds. The molecule has 1 saturated carbocycles. The van der Waals surface area contributed by atoms with E-state index in [-0.39, 0.29) is 0 Å². The summed E-state index contributed by atoms with van der Waals surface area (Å²) in [5.74, 6) is 2.10. The molecule has 0 saturated heterocycles. The van der Waals surface area contributed by atoms with Crippen molar-refractivity contribution in [1.82, 2.24) is 15.5 Å². The van der Waals surface area contributed by atoms with Crippen molar-refractivity contribution < 1.29 is 9.26 Å². The Morgan fingerprint density at radius 3 is 2.83 bits per heavy atom. The van der Waals surface area contributed by atoms with Crippen LogP contribution in [0, 0.1) is 0 Å². The first-order chi connectivity index (χ1) is 11.3. The van der Waals surface area contributed by atoms with Gasteiger partial charge in [0.2, 0.25) is 0 Å². The molecule has 1 fully saturated rings. The number of benzene rings is 1. The van der Waals surface area contributed by atoms with Crippen molar-refractivity contribution in [2.75, 3.05) is 7.05 Å². The maximum absolute atomic E-state index is 6.21. The van der Waals surface area contributed by atoms with Gasteiger partial charge >= 0.3 is 0 Å². The van der Waals surface area contributed by atoms with E-state index in [2.05, 4.69) is 22.4 Å². The Morgan fingerprint density at radius 2 is 2.04 bits per heavy atom. The number of hydrogen-bond acceptors (Lipinski definition) is 5. The fourth-order valence-electron chi connectivity index (χ4n) is 2.93. The second kappa shape index (κ2) is 7.59. The lowest BCUT2D eigenvalue weighted by molar-refractivity contribution is 0.155. The average Bonchev–Trinajstić information content (AvgIpc) is 3.04. The Labute approximate surface area is 137 Å². The Balaban J connectivity index is 1.77. The molecule has 1 aliphatic carbocycles. The molecular formula is C18H25N3O2. The lowest BCUT2D eigenvalue weighted by atomic mass is 9.97. The summed E-state index contributed by atoms with van der Waals surface area (Å²) >= 11 is 0. The zero-order valence-electron chi connectivity index (χ0n) is 13.9. The van der Waals surface area contributed by atoms with Crippen LogP contribution in [0.5, 0.6) is 5.75 Å². The summed E-state index contributed by atoms with van der Waals surface area (Å²) in [6.07, 6.45) is 7.12. The van der Waals surface area contributed by atoms with E-state index in [1.165, 1.54) is 19.3 Å². The van der Waals surface area contributed by atoms with Gasteiger partial charge < -0.3 is 14.6 Å². The van der Waals surface area contributed by atoms with Crippen molar-refractivity contribution in [2.45, 2.75) is 57.6 Å². The number of aromatic nitrogens is 2. The van der Waals surface area contributed by atoms with Crippen LogP contribution in [0.1, 0.15) is 44.9 Å². The summed E-state index contributed by atoms with van der Waals surface area (Å²) in [6.45, 7) is 2.09. The molecule has 5 heteroatoms. The van der Waals surface area contributed by atoms with E-state index in [4.69, 9.17) is 9.26 Å². The monoisotopic (exact) mass is 315 g/mol. The predicted octanol–water partition coefficient (Wildman–Crippen LogP) is 3.60. The summed E-state index contributed by atoms with van der Waals surface area (Å²) in [6, 6.07) is 8.25. The molecule has 1 unspecified atom stereocenters. The van der Waals surface area contributed by atoms with Crippen molar-refractivity contribution in [3.8, 4) is 17.2 Å². The van der Waals surface area contributed by atoms with Gasteiger partial charge in [0.05, 0.1) is 11.7 Å². The molecule has 124 valence electrons. The van der Waals surface area contributed by atoms with Crippen LogP contribution in [-0.2, 0) is 6.42 Å². The fourth-order valence-corrected chi connectivity index (χ4v) is 2.93. The molecule has 5 nitrogen and oxygen atoms in total. The highest BCUT2D eigenvalue weighted by Gasteiger charge is 2.19. The molecule has 1 aliphatic rings. The molecule has 0 radical (unpaired) electrons. The van der Waals surface area contributed by atoms with Gasteiger partial charge in [-0.3, -0.25) is 0 Å². The van der Waals surface area contributed by atoms with E-state index >= 15 is 0 Å². The van der Waals surface area contributed by atoms with Gasteiger partial charge in [-0.25, -0.2) is 0 Å². The van der Waals surface area contributed by atoms with E-state index in [9.17, 15) is 0 Å². The van der Waals surface area contributed by atoms with E-state index in [1.807, 2.05) is 31.3 Å². The van der Waals surface area contributed by atoms with Crippen molar-refractivity contribution >= 4 is 0 Å². The van der Waals surface area contributed by atoms with Gasteiger partial charge in [0.1, 0.15) is 5.75 Å². The van der Waals surface area contributed by atoms with Gasteiger partial charge in [-0.1, -0.05) is 23.7 Å². The van der Waals surface area contributed by atoms with Gasteiger partial charge in [0.25, 0.3) is 5.89 Å². The summed E-state index contributed by atoms with van der Waals surface area (Å²) in [5.41, 5.74) is 0.883. The number of ether oxygens (including phenoxy) is 1. The Bertz CT molecular complexity index is 620. The molecule has 0 aliphatic heterocycles. The molecule has 0 bridgehead atoms. The lowest BCUT2D eigenvalue weighted by Gasteiger charge is -2.23. The van der Waals surface area contributed by atoms with Crippen LogP contribution in [0.25, 0.3) is 11.5 Å². The topological polar surface area (TPSA) is 60.2 Å². The smallest absolute Gasteiger partial charge is 0.261 e. The molecular weight excluding hydrogens is 290 g/mol. The highest BCUT2D eigenvalue weighted by Crippen LogP contribution is 2.31. The zero-order chi connectivity index (χ0) is 16.1. The van der Waals surface area contributed by atoms with Crippen molar-refractivity contribution in [3.63, 3.8) is 0 Å². The molecule has 1 aromatic carbocycles. The third kappa shape index (κ3) is 4.10. The van der Waals surface area contributed by atoms with Crippen LogP contribution in [-0.4, -0.2) is 29.3 Å². The molecule has 23 heavy (non-hydrogen) atoms. The van der Waals surface area contributed by atoms with Crippen LogP contribution >= 0.6 is 0 Å². The number of para-hydroxylation sites is 1. The van der Waals surface area contributed by atoms with Gasteiger partial charge in [0, 0.05) is 12.5 Å². The van der Waals surface area contributed by atoms with Crippen molar-refractivity contribution in [1.29, 1.82) is 0 Å². The third-order valence-electron chi connectivity index (χ3n) is 4.41. The molecule has 2 aromatic rings. The molecule has 0 spiro atoms. The average molecular weight is 315 g/mol. The number of nitrogens with one attached hydrogen (secondary N) is 1. The Hall–Kier alpha value is -1.88. The molecule has 1 heterocycles. The minimum Gasteiger partial charge on any atom is -0.490 e. The quantitative estimate of drug-likeness (QED) is 0.882. The summed E-state index contributed by atoms with van der Waals surface area (Å²) in [7, 11) is 1.93. The first-order valence-electron chi connectivity index (χ1n) is 8.52. The van der Waals surface area contributed by atoms with Gasteiger partial charge in [-0.2, -0.15) is 4.98 Å². The minimum absolute atomic E-state index is 0.302. The van der Waals surface area contributed by atoms with E-state index in [0.717, 1.165) is 30.6 Å². The maximum atomic E-state index is 6.21. The Morgan fingerprint density at radius 1 is 1.26 bits per heavy atom. The highest BCUT2D eigenvalue weighted by molar-refractivity contribution is 5.62. The van der Waals surface area contributed by atoms with Crippen LogP contribution < -0.4 is 10.1 Å². The Kier molecular flexibility index (Phi) is 5.28. The van der Waals surface area contributed by atoms with Crippen LogP contribution in [0.4, 0.5) is 0 Å². The predicted molar refractivity (Wildman–Crippen MR) is 89.5 cm³/mol. The third-order valence-corrected chi connectivity index (χ3v) is 4.41. The van der Waals surface area contributed by atoms with Crippen LogP contribution in [0.2, 0.25) is 0 Å². The summed E-state index contributed by atoms with van der Waals surface area (Å²) in [5, 5.41) is 7.27. The molecule has 1 N–H and O–H groups in total. The second-order valence-electron chi connectivity index (χ2n) is 6.28. The fraction of sp³-hybridized carbons (Fsp3) is 0.556. The SMILES string of the molecule is CNC(C)Cc1noc(-c2ccccc2OC2CCCCC2)n1. The van der Waals surface area contributed by atoms with E-state index in [1.54, 1.807) is 0 Å². The number of nitrogens with zero attached hydrogens (tertiary/aromatic N) is 2. The lowest BCUT2D eigenvalue weighted by Crippen LogP contribution is -2.24. The van der Waals surface area contributed by atoms with Crippen LogP contribution in [0.3, 0.4) is 0 Å². The maximum Gasteiger partial charge on any atom is 0.261 e. The normalized spacial score (nSPS) is 17.1. The van der Waals surface area contributed by atoms with Gasteiger partial charge in [0.15, 0.2) is 5.82 Å². The molecule has 1 aromatic heterocycles. The van der Waals surface area contributed by atoms with Crippen LogP contribution in [0.15, 0.2) is 28.8 Å². The highest BCUT2D eigenvalue weighted by atomic mass is 16.5. The van der Waals surface area contributed by atoms with E-state index in [0.29, 0.717) is 23.9 Å². The first kappa shape index (κ1) is 16.0. The zero-order valence-corrected chi connectivity index (χ0v) is 13.9. The number of likely N-dealkylation sites (N-methyl/N-ethyl adjacent to an activating group) is 1. The van der Waals surface area contributed by atoms with Crippen molar-refractivity contribution in [2.24, 2.45) is 0 Å². The van der Waals surface area contributed by atoms with Gasteiger partial charge in [-0.15, -0.1) is 0 Å².